The normalized spacial score (nSPS) is 13.4. The van der Waals surface area contributed by atoms with Crippen molar-refractivity contribution in [2.75, 3.05) is 6.61 Å². The first kappa shape index (κ1) is 17.0. The van der Waals surface area contributed by atoms with Crippen molar-refractivity contribution in [1.29, 1.82) is 0 Å². The maximum absolute atomic E-state index is 9.92. The standard InChI is InChI=1S/C20H22O3/c21-13-5-10-19(22)12-11-18(17-7-2-1-3-8-17)14-16-6-4-9-20(23)15-16/h1-10,14-15,19,21-23H,11-13H2/b10-5-,18-14-/t19-/m0/s1. The van der Waals surface area contributed by atoms with Gasteiger partial charge in [-0.1, -0.05) is 60.7 Å². The fourth-order valence-electron chi connectivity index (χ4n) is 2.39. The maximum Gasteiger partial charge on any atom is 0.116 e. The van der Waals surface area contributed by atoms with E-state index < -0.39 is 6.10 Å². The van der Waals surface area contributed by atoms with E-state index in [9.17, 15) is 10.2 Å². The third kappa shape index (κ3) is 5.74. The molecule has 1 atom stereocenters. The molecule has 3 N–H and O–H groups in total. The molecule has 0 heterocycles. The zero-order chi connectivity index (χ0) is 16.5. The number of phenols is 1. The maximum atomic E-state index is 9.92. The molecule has 0 unspecified atom stereocenters. The van der Waals surface area contributed by atoms with Crippen LogP contribution >= 0.6 is 0 Å². The van der Waals surface area contributed by atoms with E-state index in [-0.39, 0.29) is 12.4 Å². The minimum Gasteiger partial charge on any atom is -0.508 e. The minimum absolute atomic E-state index is 0.0677. The second-order valence-corrected chi connectivity index (χ2v) is 5.35. The van der Waals surface area contributed by atoms with E-state index >= 15 is 0 Å². The molecule has 0 aliphatic heterocycles. The Morgan fingerprint density at radius 3 is 2.52 bits per heavy atom. The third-order valence-electron chi connectivity index (χ3n) is 3.53. The minimum atomic E-state index is -0.585. The van der Waals surface area contributed by atoms with E-state index in [2.05, 4.69) is 0 Å². The Hall–Kier alpha value is -2.36. The molecule has 0 radical (unpaired) electrons. The molecule has 2 aromatic carbocycles. The quantitative estimate of drug-likeness (QED) is 0.541. The van der Waals surface area contributed by atoms with Crippen LogP contribution in [0.15, 0.2) is 66.7 Å². The summed E-state index contributed by atoms with van der Waals surface area (Å²) < 4.78 is 0. The van der Waals surface area contributed by atoms with E-state index in [0.717, 1.165) is 16.7 Å². The highest BCUT2D eigenvalue weighted by Crippen LogP contribution is 2.25. The van der Waals surface area contributed by atoms with E-state index in [1.807, 2.05) is 48.5 Å². The molecule has 2 rings (SSSR count). The Labute approximate surface area is 136 Å². The smallest absolute Gasteiger partial charge is 0.116 e. The number of phenolic OH excluding ortho intramolecular Hbond substituents is 1. The van der Waals surface area contributed by atoms with E-state index in [0.29, 0.717) is 12.8 Å². The number of allylic oxidation sites excluding steroid dienone is 1. The van der Waals surface area contributed by atoms with E-state index in [1.54, 1.807) is 24.3 Å². The lowest BCUT2D eigenvalue weighted by molar-refractivity contribution is 0.213. The average molecular weight is 310 g/mol. The first-order chi connectivity index (χ1) is 11.2. The van der Waals surface area contributed by atoms with Gasteiger partial charge in [-0.2, -0.15) is 0 Å². The van der Waals surface area contributed by atoms with Gasteiger partial charge in [0.25, 0.3) is 0 Å². The van der Waals surface area contributed by atoms with Gasteiger partial charge in [-0.05, 0) is 41.7 Å². The van der Waals surface area contributed by atoms with Gasteiger partial charge < -0.3 is 15.3 Å². The molecule has 0 aliphatic rings. The Morgan fingerprint density at radius 1 is 1.04 bits per heavy atom. The van der Waals surface area contributed by atoms with Crippen LogP contribution in [0.1, 0.15) is 24.0 Å². The largest absolute Gasteiger partial charge is 0.508 e. The second-order valence-electron chi connectivity index (χ2n) is 5.35. The van der Waals surface area contributed by atoms with Crippen LogP contribution < -0.4 is 0 Å². The van der Waals surface area contributed by atoms with Gasteiger partial charge in [0, 0.05) is 0 Å². The molecule has 0 bridgehead atoms. The van der Waals surface area contributed by atoms with Crippen molar-refractivity contribution in [3.05, 3.63) is 77.9 Å². The van der Waals surface area contributed by atoms with Crippen molar-refractivity contribution in [3.63, 3.8) is 0 Å². The summed E-state index contributed by atoms with van der Waals surface area (Å²) in [6.07, 6.45) is 5.85. The number of aliphatic hydroxyl groups is 2. The number of hydrogen-bond acceptors (Lipinski definition) is 3. The summed E-state index contributed by atoms with van der Waals surface area (Å²) in [5, 5.41) is 28.3. The molecule has 0 fully saturated rings. The van der Waals surface area contributed by atoms with E-state index in [1.165, 1.54) is 0 Å². The highest BCUT2D eigenvalue weighted by atomic mass is 16.3. The van der Waals surface area contributed by atoms with Crippen molar-refractivity contribution in [3.8, 4) is 5.75 Å². The summed E-state index contributed by atoms with van der Waals surface area (Å²) in [6, 6.07) is 17.1. The van der Waals surface area contributed by atoms with Crippen molar-refractivity contribution in [2.45, 2.75) is 18.9 Å². The lowest BCUT2D eigenvalue weighted by atomic mass is 9.97. The Morgan fingerprint density at radius 2 is 1.83 bits per heavy atom. The van der Waals surface area contributed by atoms with Crippen LogP contribution in [0.5, 0.6) is 5.75 Å². The lowest BCUT2D eigenvalue weighted by Gasteiger charge is -2.11. The molecule has 0 saturated carbocycles. The van der Waals surface area contributed by atoms with Crippen LogP contribution in [0.4, 0.5) is 0 Å². The molecule has 120 valence electrons. The fourth-order valence-corrected chi connectivity index (χ4v) is 2.39. The van der Waals surface area contributed by atoms with Gasteiger partial charge in [0.2, 0.25) is 0 Å². The number of benzene rings is 2. The summed E-state index contributed by atoms with van der Waals surface area (Å²) in [6.45, 7) is -0.0677. The lowest BCUT2D eigenvalue weighted by Crippen LogP contribution is -2.02. The highest BCUT2D eigenvalue weighted by Gasteiger charge is 2.06. The van der Waals surface area contributed by atoms with Gasteiger partial charge >= 0.3 is 0 Å². The summed E-state index contributed by atoms with van der Waals surface area (Å²) >= 11 is 0. The van der Waals surface area contributed by atoms with Crippen LogP contribution in [0, 0.1) is 0 Å². The molecule has 3 heteroatoms. The van der Waals surface area contributed by atoms with Gasteiger partial charge in [-0.3, -0.25) is 0 Å². The Balaban J connectivity index is 2.21. The molecule has 0 amide bonds. The van der Waals surface area contributed by atoms with Crippen LogP contribution in [-0.2, 0) is 0 Å². The van der Waals surface area contributed by atoms with Crippen LogP contribution in [-0.4, -0.2) is 28.0 Å². The van der Waals surface area contributed by atoms with Crippen LogP contribution in [0.3, 0.4) is 0 Å². The fraction of sp³-hybridized carbons (Fsp3) is 0.200. The average Bonchev–Trinajstić information content (AvgIpc) is 2.57. The molecule has 23 heavy (non-hydrogen) atoms. The van der Waals surface area contributed by atoms with Crippen molar-refractivity contribution >= 4 is 11.6 Å². The van der Waals surface area contributed by atoms with Gasteiger partial charge in [0.1, 0.15) is 5.75 Å². The topological polar surface area (TPSA) is 60.7 Å². The summed E-state index contributed by atoms with van der Waals surface area (Å²) in [5.74, 6) is 0.233. The molecule has 0 aliphatic carbocycles. The van der Waals surface area contributed by atoms with Gasteiger partial charge in [-0.15, -0.1) is 0 Å². The predicted molar refractivity (Wildman–Crippen MR) is 93.9 cm³/mol. The van der Waals surface area contributed by atoms with Crippen molar-refractivity contribution < 1.29 is 15.3 Å². The Bertz CT molecular complexity index is 660. The molecule has 0 saturated heterocycles. The Kier molecular flexibility index (Phi) is 6.60. The van der Waals surface area contributed by atoms with Gasteiger partial charge in [0.15, 0.2) is 0 Å². The van der Waals surface area contributed by atoms with Crippen molar-refractivity contribution in [2.24, 2.45) is 0 Å². The first-order valence-electron chi connectivity index (χ1n) is 7.69. The molecule has 0 spiro atoms. The molecule has 0 aromatic heterocycles. The van der Waals surface area contributed by atoms with E-state index in [4.69, 9.17) is 5.11 Å². The summed E-state index contributed by atoms with van der Waals surface area (Å²) in [5.41, 5.74) is 3.10. The monoisotopic (exact) mass is 310 g/mol. The zero-order valence-electron chi connectivity index (χ0n) is 13.0. The molecule has 3 nitrogen and oxygen atoms in total. The summed E-state index contributed by atoms with van der Waals surface area (Å²) in [7, 11) is 0. The third-order valence-corrected chi connectivity index (χ3v) is 3.53. The molecular weight excluding hydrogens is 288 g/mol. The summed E-state index contributed by atoms with van der Waals surface area (Å²) in [4.78, 5) is 0. The highest BCUT2D eigenvalue weighted by molar-refractivity contribution is 5.81. The number of hydrogen-bond donors (Lipinski definition) is 3. The number of rotatable bonds is 7. The van der Waals surface area contributed by atoms with Gasteiger partial charge in [-0.25, -0.2) is 0 Å². The molecule has 2 aromatic rings. The van der Waals surface area contributed by atoms with Crippen molar-refractivity contribution in [1.82, 2.24) is 0 Å². The molecular formula is C20H22O3. The van der Waals surface area contributed by atoms with Gasteiger partial charge in [0.05, 0.1) is 12.7 Å². The SMILES string of the molecule is OC/C=C\[C@H](O)CC/C(=C/c1cccc(O)c1)c1ccccc1. The number of aromatic hydroxyl groups is 1. The van der Waals surface area contributed by atoms with Crippen LogP contribution in [0.2, 0.25) is 0 Å². The second kappa shape index (κ2) is 8.93. The predicted octanol–water partition coefficient (Wildman–Crippen LogP) is 3.62. The first-order valence-corrected chi connectivity index (χ1v) is 7.69. The number of aliphatic hydroxyl groups excluding tert-OH is 2. The van der Waals surface area contributed by atoms with Crippen LogP contribution in [0.25, 0.3) is 11.6 Å². The zero-order valence-corrected chi connectivity index (χ0v) is 13.0.